The lowest BCUT2D eigenvalue weighted by atomic mass is 10.1. The molecule has 0 N–H and O–H groups in total. The Morgan fingerprint density at radius 2 is 2.06 bits per heavy atom. The van der Waals surface area contributed by atoms with E-state index in [4.69, 9.17) is 0 Å². The highest BCUT2D eigenvalue weighted by atomic mass is 19.2. The summed E-state index contributed by atoms with van der Waals surface area (Å²) in [6.07, 6.45) is 2.43. The minimum Gasteiger partial charge on any atom is -0.296 e. The summed E-state index contributed by atoms with van der Waals surface area (Å²) in [5.41, 5.74) is 0.226. The fraction of sp³-hybridized carbons (Fsp3) is 0.500. The van der Waals surface area contributed by atoms with Gasteiger partial charge in [0, 0.05) is 11.6 Å². The number of ketones is 1. The maximum atomic E-state index is 13.0. The predicted octanol–water partition coefficient (Wildman–Crippen LogP) is 2.88. The zero-order valence-electron chi connectivity index (χ0n) is 10.6. The number of halogens is 2. The van der Waals surface area contributed by atoms with E-state index in [0.29, 0.717) is 12.0 Å². The first kappa shape index (κ1) is 13.1. The van der Waals surface area contributed by atoms with Gasteiger partial charge < -0.3 is 0 Å². The van der Waals surface area contributed by atoms with Crippen LogP contribution >= 0.6 is 0 Å². The van der Waals surface area contributed by atoms with E-state index in [1.807, 2.05) is 11.9 Å². The average Bonchev–Trinajstić information content (AvgIpc) is 3.15. The molecule has 1 unspecified atom stereocenters. The van der Waals surface area contributed by atoms with E-state index in [1.165, 1.54) is 18.9 Å². The number of hydrogen-bond donors (Lipinski definition) is 0. The fourth-order valence-electron chi connectivity index (χ4n) is 2.07. The topological polar surface area (TPSA) is 20.3 Å². The summed E-state index contributed by atoms with van der Waals surface area (Å²) >= 11 is 0. The molecule has 98 valence electrons. The number of carbonyl (C=O) groups is 1. The molecular formula is C14H17F2NO. The Bertz CT molecular complexity index is 457. The molecule has 1 saturated carbocycles. The second kappa shape index (κ2) is 5.14. The molecule has 1 fully saturated rings. The van der Waals surface area contributed by atoms with Crippen molar-refractivity contribution in [1.29, 1.82) is 0 Å². The molecule has 4 heteroatoms. The lowest BCUT2D eigenvalue weighted by Gasteiger charge is -2.23. The Kier molecular flexibility index (Phi) is 3.76. The third-order valence-corrected chi connectivity index (χ3v) is 3.63. The summed E-state index contributed by atoms with van der Waals surface area (Å²) < 4.78 is 25.8. The van der Waals surface area contributed by atoms with Gasteiger partial charge in [0.1, 0.15) is 0 Å². The Morgan fingerprint density at radius 1 is 1.39 bits per heavy atom. The zero-order valence-corrected chi connectivity index (χ0v) is 10.6. The van der Waals surface area contributed by atoms with Gasteiger partial charge in [-0.3, -0.25) is 9.69 Å². The van der Waals surface area contributed by atoms with Gasteiger partial charge in [-0.15, -0.1) is 0 Å². The average molecular weight is 253 g/mol. The molecule has 1 aliphatic rings. The lowest BCUT2D eigenvalue weighted by Crippen LogP contribution is -2.35. The van der Waals surface area contributed by atoms with Gasteiger partial charge in [0.05, 0.1) is 6.54 Å². The first-order valence-electron chi connectivity index (χ1n) is 6.17. The van der Waals surface area contributed by atoms with E-state index >= 15 is 0 Å². The molecule has 1 aromatic carbocycles. The quantitative estimate of drug-likeness (QED) is 0.752. The van der Waals surface area contributed by atoms with E-state index in [2.05, 4.69) is 6.92 Å². The van der Waals surface area contributed by atoms with Crippen molar-refractivity contribution in [3.63, 3.8) is 0 Å². The second-order valence-electron chi connectivity index (χ2n) is 5.05. The monoisotopic (exact) mass is 253 g/mol. The van der Waals surface area contributed by atoms with Crippen molar-refractivity contribution in [2.24, 2.45) is 5.92 Å². The highest BCUT2D eigenvalue weighted by molar-refractivity contribution is 5.97. The third-order valence-electron chi connectivity index (χ3n) is 3.63. The van der Waals surface area contributed by atoms with Crippen LogP contribution in [0.5, 0.6) is 0 Å². The normalized spacial score (nSPS) is 16.9. The molecule has 18 heavy (non-hydrogen) atoms. The maximum Gasteiger partial charge on any atom is 0.176 e. The molecule has 0 spiro atoms. The highest BCUT2D eigenvalue weighted by Gasteiger charge is 2.31. The van der Waals surface area contributed by atoms with Crippen LogP contribution in [0.15, 0.2) is 18.2 Å². The molecule has 0 heterocycles. The summed E-state index contributed by atoms with van der Waals surface area (Å²) in [5, 5.41) is 0. The number of nitrogens with zero attached hydrogens (tertiary/aromatic N) is 1. The first-order chi connectivity index (χ1) is 8.49. The van der Waals surface area contributed by atoms with Crippen LogP contribution in [0.1, 0.15) is 30.1 Å². The van der Waals surface area contributed by atoms with Crippen molar-refractivity contribution in [2.75, 3.05) is 13.6 Å². The van der Waals surface area contributed by atoms with Crippen LogP contribution in [-0.2, 0) is 0 Å². The van der Waals surface area contributed by atoms with Crippen molar-refractivity contribution in [3.05, 3.63) is 35.4 Å². The van der Waals surface area contributed by atoms with Crippen molar-refractivity contribution < 1.29 is 13.6 Å². The molecule has 1 aromatic rings. The van der Waals surface area contributed by atoms with Gasteiger partial charge in [-0.2, -0.15) is 0 Å². The molecule has 0 aromatic heterocycles. The van der Waals surface area contributed by atoms with E-state index in [-0.39, 0.29) is 17.9 Å². The van der Waals surface area contributed by atoms with Crippen molar-refractivity contribution in [2.45, 2.75) is 25.8 Å². The Hall–Kier alpha value is -1.29. The molecule has 2 rings (SSSR count). The number of rotatable bonds is 5. The molecule has 0 saturated heterocycles. The molecular weight excluding hydrogens is 236 g/mol. The number of hydrogen-bond acceptors (Lipinski definition) is 2. The Labute approximate surface area is 106 Å². The number of Topliss-reactive ketones (excluding diaryl/α,β-unsaturated/α-hetero) is 1. The summed E-state index contributed by atoms with van der Waals surface area (Å²) in [6, 6.07) is 3.65. The van der Waals surface area contributed by atoms with Crippen molar-refractivity contribution >= 4 is 5.78 Å². The van der Waals surface area contributed by atoms with Gasteiger partial charge in [0.2, 0.25) is 0 Å². The van der Waals surface area contributed by atoms with Gasteiger partial charge in [-0.25, -0.2) is 8.78 Å². The summed E-state index contributed by atoms with van der Waals surface area (Å²) in [6.45, 7) is 2.33. The molecule has 0 bridgehead atoms. The van der Waals surface area contributed by atoms with E-state index in [1.54, 1.807) is 0 Å². The molecule has 1 atom stereocenters. The minimum atomic E-state index is -0.973. The lowest BCUT2D eigenvalue weighted by molar-refractivity contribution is 0.0916. The van der Waals surface area contributed by atoms with Crippen LogP contribution in [0.25, 0.3) is 0 Å². The van der Waals surface area contributed by atoms with Gasteiger partial charge in [0.15, 0.2) is 17.4 Å². The third kappa shape index (κ3) is 2.93. The first-order valence-corrected chi connectivity index (χ1v) is 6.17. The summed E-state index contributed by atoms with van der Waals surface area (Å²) in [5.74, 6) is -1.40. The second-order valence-corrected chi connectivity index (χ2v) is 5.05. The van der Waals surface area contributed by atoms with Crippen LogP contribution in [0.2, 0.25) is 0 Å². The molecule has 1 aliphatic carbocycles. The number of carbonyl (C=O) groups excluding carboxylic acids is 1. The van der Waals surface area contributed by atoms with Gasteiger partial charge in [-0.05, 0) is 50.9 Å². The number of benzene rings is 1. The Balaban J connectivity index is 2.00. The van der Waals surface area contributed by atoms with Crippen molar-refractivity contribution in [1.82, 2.24) is 4.90 Å². The zero-order chi connectivity index (χ0) is 13.3. The SMILES string of the molecule is CC(C1CC1)N(C)CC(=O)c1ccc(F)c(F)c1. The maximum absolute atomic E-state index is 13.0. The van der Waals surface area contributed by atoms with Gasteiger partial charge >= 0.3 is 0 Å². The molecule has 2 nitrogen and oxygen atoms in total. The van der Waals surface area contributed by atoms with Crippen LogP contribution < -0.4 is 0 Å². The molecule has 0 amide bonds. The molecule has 0 radical (unpaired) electrons. The van der Waals surface area contributed by atoms with Gasteiger partial charge in [-0.1, -0.05) is 0 Å². The number of likely N-dealkylation sites (N-methyl/N-ethyl adjacent to an activating group) is 1. The van der Waals surface area contributed by atoms with Gasteiger partial charge in [0.25, 0.3) is 0 Å². The fourth-order valence-corrected chi connectivity index (χ4v) is 2.07. The van der Waals surface area contributed by atoms with Crippen LogP contribution in [0.3, 0.4) is 0 Å². The standard InChI is InChI=1S/C14H17F2NO/c1-9(10-3-4-10)17(2)8-14(18)11-5-6-12(15)13(16)7-11/h5-7,9-10H,3-4,8H2,1-2H3. The van der Waals surface area contributed by atoms with Crippen molar-refractivity contribution in [3.8, 4) is 0 Å². The van der Waals surface area contributed by atoms with Crippen LogP contribution in [0, 0.1) is 17.6 Å². The van der Waals surface area contributed by atoms with Crippen LogP contribution in [0.4, 0.5) is 8.78 Å². The Morgan fingerprint density at radius 3 is 2.61 bits per heavy atom. The smallest absolute Gasteiger partial charge is 0.176 e. The predicted molar refractivity (Wildman–Crippen MR) is 65.5 cm³/mol. The van der Waals surface area contributed by atoms with E-state index < -0.39 is 11.6 Å². The molecule has 0 aliphatic heterocycles. The van der Waals surface area contributed by atoms with E-state index in [0.717, 1.165) is 12.1 Å². The minimum absolute atomic E-state index is 0.177. The highest BCUT2D eigenvalue weighted by Crippen LogP contribution is 2.34. The summed E-state index contributed by atoms with van der Waals surface area (Å²) in [7, 11) is 1.89. The summed E-state index contributed by atoms with van der Waals surface area (Å²) in [4.78, 5) is 13.9. The van der Waals surface area contributed by atoms with E-state index in [9.17, 15) is 13.6 Å². The van der Waals surface area contributed by atoms with Crippen LogP contribution in [-0.4, -0.2) is 30.3 Å². The largest absolute Gasteiger partial charge is 0.296 e.